The van der Waals surface area contributed by atoms with Gasteiger partial charge in [0.2, 0.25) is 5.75 Å². The fourth-order valence-electron chi connectivity index (χ4n) is 0.880. The minimum Gasteiger partial charge on any atom is -0.502 e. The Balaban J connectivity index is 3.26. The monoisotopic (exact) mass is 181 g/mol. The Bertz CT molecular complexity index is 362. The van der Waals surface area contributed by atoms with Crippen molar-refractivity contribution in [3.63, 3.8) is 0 Å². The van der Waals surface area contributed by atoms with Gasteiger partial charge in [0, 0.05) is 11.6 Å². The molecule has 0 aliphatic carbocycles. The molecule has 0 unspecified atom stereocenters. The van der Waals surface area contributed by atoms with E-state index in [0.29, 0.717) is 0 Å². The minimum atomic E-state index is -0.677. The van der Waals surface area contributed by atoms with Crippen LogP contribution in [0.3, 0.4) is 0 Å². The van der Waals surface area contributed by atoms with Crippen LogP contribution in [0.1, 0.15) is 5.56 Å². The SMILES string of the molecule is N/N=C/c1cccc([N+](=O)[O-])c1O. The molecule has 0 aromatic heterocycles. The molecule has 0 saturated heterocycles. The summed E-state index contributed by atoms with van der Waals surface area (Å²) in [6.45, 7) is 0. The van der Waals surface area contributed by atoms with Gasteiger partial charge < -0.3 is 10.9 Å². The van der Waals surface area contributed by atoms with Crippen LogP contribution in [0.2, 0.25) is 0 Å². The van der Waals surface area contributed by atoms with Crippen molar-refractivity contribution in [1.82, 2.24) is 0 Å². The number of hydrogen-bond donors (Lipinski definition) is 2. The van der Waals surface area contributed by atoms with Gasteiger partial charge in [0.1, 0.15) is 0 Å². The van der Waals surface area contributed by atoms with E-state index in [2.05, 4.69) is 5.10 Å². The lowest BCUT2D eigenvalue weighted by Crippen LogP contribution is -1.92. The van der Waals surface area contributed by atoms with E-state index in [9.17, 15) is 15.2 Å². The molecular formula is C7H7N3O3. The number of nitro groups is 1. The van der Waals surface area contributed by atoms with Crippen molar-refractivity contribution in [2.45, 2.75) is 0 Å². The van der Waals surface area contributed by atoms with Crippen LogP contribution in [0.25, 0.3) is 0 Å². The standard InChI is InChI=1S/C7H7N3O3/c8-9-4-5-2-1-3-6(7(5)11)10(12)13/h1-4,11H,8H2/b9-4+. The van der Waals surface area contributed by atoms with Crippen molar-refractivity contribution in [2.24, 2.45) is 10.9 Å². The number of phenolic OH excluding ortho intramolecular Hbond substituents is 1. The summed E-state index contributed by atoms with van der Waals surface area (Å²) in [5.74, 6) is 4.42. The summed E-state index contributed by atoms with van der Waals surface area (Å²) in [7, 11) is 0. The summed E-state index contributed by atoms with van der Waals surface area (Å²) in [6, 6.07) is 4.11. The predicted molar refractivity (Wildman–Crippen MR) is 46.5 cm³/mol. The van der Waals surface area contributed by atoms with E-state index in [4.69, 9.17) is 5.84 Å². The van der Waals surface area contributed by atoms with E-state index in [1.807, 2.05) is 0 Å². The maximum Gasteiger partial charge on any atom is 0.311 e. The smallest absolute Gasteiger partial charge is 0.311 e. The molecule has 3 N–H and O–H groups in total. The maximum absolute atomic E-state index is 10.3. The van der Waals surface area contributed by atoms with Crippen LogP contribution in [0.5, 0.6) is 5.75 Å². The number of nitrogens with two attached hydrogens (primary N) is 1. The van der Waals surface area contributed by atoms with Crippen molar-refractivity contribution in [1.29, 1.82) is 0 Å². The number of hydrogen-bond acceptors (Lipinski definition) is 5. The van der Waals surface area contributed by atoms with Crippen LogP contribution < -0.4 is 5.84 Å². The maximum atomic E-state index is 10.3. The molecule has 6 nitrogen and oxygen atoms in total. The Hall–Kier alpha value is -2.11. The zero-order valence-corrected chi connectivity index (χ0v) is 6.54. The minimum absolute atomic E-state index is 0.219. The number of aromatic hydroxyl groups is 1. The Labute approximate surface area is 73.4 Å². The third-order valence-corrected chi connectivity index (χ3v) is 1.46. The van der Waals surface area contributed by atoms with E-state index in [-0.39, 0.29) is 11.3 Å². The first-order valence-electron chi connectivity index (χ1n) is 3.36. The third-order valence-electron chi connectivity index (χ3n) is 1.46. The molecule has 0 aliphatic heterocycles. The Morgan fingerprint density at radius 2 is 2.31 bits per heavy atom. The normalized spacial score (nSPS) is 10.5. The Morgan fingerprint density at radius 1 is 1.62 bits per heavy atom. The average molecular weight is 181 g/mol. The highest BCUT2D eigenvalue weighted by atomic mass is 16.6. The molecule has 0 heterocycles. The molecule has 13 heavy (non-hydrogen) atoms. The lowest BCUT2D eigenvalue weighted by molar-refractivity contribution is -0.385. The second kappa shape index (κ2) is 3.53. The molecular weight excluding hydrogens is 174 g/mol. The van der Waals surface area contributed by atoms with Crippen molar-refractivity contribution in [3.8, 4) is 5.75 Å². The first-order valence-corrected chi connectivity index (χ1v) is 3.36. The molecule has 0 spiro atoms. The fraction of sp³-hybridized carbons (Fsp3) is 0. The van der Waals surface area contributed by atoms with Crippen LogP contribution in [-0.4, -0.2) is 16.2 Å². The fourth-order valence-corrected chi connectivity index (χ4v) is 0.880. The number of benzene rings is 1. The van der Waals surface area contributed by atoms with E-state index >= 15 is 0 Å². The summed E-state index contributed by atoms with van der Waals surface area (Å²) >= 11 is 0. The molecule has 0 radical (unpaired) electrons. The average Bonchev–Trinajstić information content (AvgIpc) is 2.08. The van der Waals surface area contributed by atoms with Gasteiger partial charge in [-0.05, 0) is 6.07 Å². The molecule has 1 rings (SSSR count). The molecule has 0 amide bonds. The molecule has 1 aromatic rings. The number of nitro benzene ring substituents is 1. The van der Waals surface area contributed by atoms with Gasteiger partial charge in [-0.1, -0.05) is 6.07 Å². The predicted octanol–water partition coefficient (Wildman–Crippen LogP) is 0.593. The van der Waals surface area contributed by atoms with Gasteiger partial charge in [0.05, 0.1) is 11.1 Å². The first kappa shape index (κ1) is 8.98. The second-order valence-corrected chi connectivity index (χ2v) is 2.25. The largest absolute Gasteiger partial charge is 0.502 e. The molecule has 0 aliphatic rings. The van der Waals surface area contributed by atoms with Crippen molar-refractivity contribution in [2.75, 3.05) is 0 Å². The highest BCUT2D eigenvalue weighted by molar-refractivity contribution is 5.85. The summed E-state index contributed by atoms with van der Waals surface area (Å²) in [6.07, 6.45) is 1.14. The lowest BCUT2D eigenvalue weighted by atomic mass is 10.2. The summed E-state index contributed by atoms with van der Waals surface area (Å²) in [5, 5.41) is 22.8. The van der Waals surface area contributed by atoms with Crippen LogP contribution in [0.4, 0.5) is 5.69 Å². The molecule has 68 valence electrons. The van der Waals surface area contributed by atoms with Gasteiger partial charge >= 0.3 is 5.69 Å². The number of phenols is 1. The van der Waals surface area contributed by atoms with Gasteiger partial charge in [0.25, 0.3) is 0 Å². The lowest BCUT2D eigenvalue weighted by Gasteiger charge is -1.97. The zero-order valence-electron chi connectivity index (χ0n) is 6.54. The molecule has 1 aromatic carbocycles. The number of para-hydroxylation sites is 1. The summed E-state index contributed by atoms with van der Waals surface area (Å²) in [5.41, 5.74) is -0.144. The number of hydrazone groups is 1. The van der Waals surface area contributed by atoms with Gasteiger partial charge in [0.15, 0.2) is 0 Å². The molecule has 0 saturated carbocycles. The highest BCUT2D eigenvalue weighted by Gasteiger charge is 2.14. The zero-order chi connectivity index (χ0) is 9.84. The van der Waals surface area contributed by atoms with Gasteiger partial charge in [-0.3, -0.25) is 10.1 Å². The molecule has 0 atom stereocenters. The quantitative estimate of drug-likeness (QED) is 0.301. The van der Waals surface area contributed by atoms with Crippen LogP contribution in [0.15, 0.2) is 23.3 Å². The van der Waals surface area contributed by atoms with Crippen LogP contribution in [0, 0.1) is 10.1 Å². The van der Waals surface area contributed by atoms with Crippen molar-refractivity contribution in [3.05, 3.63) is 33.9 Å². The molecule has 0 bridgehead atoms. The van der Waals surface area contributed by atoms with E-state index in [0.717, 1.165) is 6.21 Å². The first-order chi connectivity index (χ1) is 6.16. The van der Waals surface area contributed by atoms with Crippen molar-refractivity contribution >= 4 is 11.9 Å². The van der Waals surface area contributed by atoms with E-state index < -0.39 is 10.7 Å². The van der Waals surface area contributed by atoms with Gasteiger partial charge in [-0.2, -0.15) is 5.10 Å². The topological polar surface area (TPSA) is 102 Å². The van der Waals surface area contributed by atoms with E-state index in [1.165, 1.54) is 18.2 Å². The molecule has 6 heteroatoms. The second-order valence-electron chi connectivity index (χ2n) is 2.25. The number of nitrogens with zero attached hydrogens (tertiary/aromatic N) is 2. The van der Waals surface area contributed by atoms with Gasteiger partial charge in [-0.25, -0.2) is 0 Å². The van der Waals surface area contributed by atoms with E-state index in [1.54, 1.807) is 0 Å². The van der Waals surface area contributed by atoms with Crippen molar-refractivity contribution < 1.29 is 10.0 Å². The Kier molecular flexibility index (Phi) is 2.44. The number of rotatable bonds is 2. The highest BCUT2D eigenvalue weighted by Crippen LogP contribution is 2.27. The summed E-state index contributed by atoms with van der Waals surface area (Å²) < 4.78 is 0. The Morgan fingerprint density at radius 3 is 2.85 bits per heavy atom. The third kappa shape index (κ3) is 1.73. The van der Waals surface area contributed by atoms with Gasteiger partial charge in [-0.15, -0.1) is 0 Å². The molecule has 0 fully saturated rings. The van der Waals surface area contributed by atoms with Crippen LogP contribution >= 0.6 is 0 Å². The van der Waals surface area contributed by atoms with Crippen LogP contribution in [-0.2, 0) is 0 Å². The summed E-state index contributed by atoms with van der Waals surface area (Å²) in [4.78, 5) is 9.67.